The smallest absolute Gasteiger partial charge is 0.325 e. The molecule has 1 unspecified atom stereocenters. The number of para-hydroxylation sites is 1. The fraction of sp³-hybridized carbons (Fsp3) is 0.667. The van der Waals surface area contributed by atoms with Gasteiger partial charge in [0, 0.05) is 0 Å². The van der Waals surface area contributed by atoms with E-state index in [9.17, 15) is 14.7 Å². The quantitative estimate of drug-likeness (QED) is 0.660. The zero-order valence-corrected chi connectivity index (χ0v) is 19.0. The van der Waals surface area contributed by atoms with E-state index < -0.39 is 17.7 Å². The molecule has 3 rings (SSSR count). The molecule has 1 spiro atoms. The minimum Gasteiger partial charge on any atom is -0.490 e. The molecule has 1 aliphatic carbocycles. The molecule has 6 nitrogen and oxygen atoms in total. The number of aliphatic hydroxyl groups excluding tert-OH is 1. The van der Waals surface area contributed by atoms with Crippen LogP contribution in [0.1, 0.15) is 64.0 Å². The number of imide groups is 1. The minimum absolute atomic E-state index is 0.0303. The summed E-state index contributed by atoms with van der Waals surface area (Å²) in [7, 11) is 0. The molecule has 1 aromatic rings. The van der Waals surface area contributed by atoms with Gasteiger partial charge >= 0.3 is 6.03 Å². The van der Waals surface area contributed by atoms with Crippen LogP contribution in [0.4, 0.5) is 4.79 Å². The SMILES string of the molecule is CCC(C)(C)C1CCC2(CC1)NC(=O)N(CC(O)COc1c(C)cccc1C)C2=O. The maximum Gasteiger partial charge on any atom is 0.325 e. The molecule has 1 heterocycles. The molecule has 1 saturated carbocycles. The highest BCUT2D eigenvalue weighted by molar-refractivity contribution is 6.07. The van der Waals surface area contributed by atoms with Gasteiger partial charge in [0.25, 0.3) is 5.91 Å². The number of ether oxygens (including phenoxy) is 1. The highest BCUT2D eigenvalue weighted by atomic mass is 16.5. The van der Waals surface area contributed by atoms with Gasteiger partial charge in [-0.3, -0.25) is 9.69 Å². The molecular formula is C24H36N2O4. The summed E-state index contributed by atoms with van der Waals surface area (Å²) < 4.78 is 5.79. The second kappa shape index (κ2) is 8.58. The minimum atomic E-state index is -0.941. The highest BCUT2D eigenvalue weighted by Gasteiger charge is 2.53. The maximum absolute atomic E-state index is 13.1. The summed E-state index contributed by atoms with van der Waals surface area (Å²) in [5.41, 5.74) is 1.42. The van der Waals surface area contributed by atoms with Crippen LogP contribution in [0, 0.1) is 25.2 Å². The number of urea groups is 1. The predicted octanol–water partition coefficient (Wildman–Crippen LogP) is 3.96. The number of β-amino-alcohol motifs (C(OH)–C–C–N with tert-alkyl or cyclic N) is 1. The Labute approximate surface area is 180 Å². The first-order valence-corrected chi connectivity index (χ1v) is 11.1. The Hall–Kier alpha value is -2.08. The van der Waals surface area contributed by atoms with E-state index in [1.807, 2.05) is 32.0 Å². The molecule has 2 fully saturated rings. The van der Waals surface area contributed by atoms with Gasteiger partial charge in [-0.1, -0.05) is 45.4 Å². The number of aliphatic hydroxyl groups is 1. The zero-order valence-electron chi connectivity index (χ0n) is 19.0. The number of benzene rings is 1. The third kappa shape index (κ3) is 4.34. The Balaban J connectivity index is 1.59. The molecule has 1 aliphatic heterocycles. The lowest BCUT2D eigenvalue weighted by Gasteiger charge is -2.42. The zero-order chi connectivity index (χ0) is 22.1. The van der Waals surface area contributed by atoms with Gasteiger partial charge < -0.3 is 15.2 Å². The fourth-order valence-corrected chi connectivity index (χ4v) is 4.83. The summed E-state index contributed by atoms with van der Waals surface area (Å²) in [4.78, 5) is 26.9. The van der Waals surface area contributed by atoms with Crippen LogP contribution in [-0.2, 0) is 4.79 Å². The van der Waals surface area contributed by atoms with E-state index in [-0.39, 0.29) is 24.5 Å². The number of hydrogen-bond donors (Lipinski definition) is 2. The molecule has 1 aromatic carbocycles. The molecule has 0 aromatic heterocycles. The van der Waals surface area contributed by atoms with Gasteiger partial charge in [0.1, 0.15) is 24.0 Å². The van der Waals surface area contributed by atoms with Crippen molar-refractivity contribution < 1.29 is 19.4 Å². The Morgan fingerprint density at radius 2 is 1.83 bits per heavy atom. The Morgan fingerprint density at radius 1 is 1.23 bits per heavy atom. The average Bonchev–Trinajstić information content (AvgIpc) is 2.92. The van der Waals surface area contributed by atoms with Crippen molar-refractivity contribution >= 4 is 11.9 Å². The van der Waals surface area contributed by atoms with Crippen LogP contribution in [0.15, 0.2) is 18.2 Å². The Bertz CT molecular complexity index is 776. The molecule has 2 N–H and O–H groups in total. The van der Waals surface area contributed by atoms with Gasteiger partial charge in [-0.15, -0.1) is 0 Å². The number of carbonyl (C=O) groups is 2. The summed E-state index contributed by atoms with van der Waals surface area (Å²) in [6, 6.07) is 5.45. The van der Waals surface area contributed by atoms with Gasteiger partial charge in [-0.2, -0.15) is 0 Å². The van der Waals surface area contributed by atoms with E-state index in [0.29, 0.717) is 18.8 Å². The number of hydrogen-bond acceptors (Lipinski definition) is 4. The van der Waals surface area contributed by atoms with Crippen LogP contribution in [-0.4, -0.2) is 46.7 Å². The van der Waals surface area contributed by atoms with Crippen LogP contribution < -0.4 is 10.1 Å². The van der Waals surface area contributed by atoms with Crippen molar-refractivity contribution in [1.29, 1.82) is 0 Å². The number of nitrogens with zero attached hydrogens (tertiary/aromatic N) is 1. The second-order valence-corrected chi connectivity index (χ2v) is 9.73. The molecule has 6 heteroatoms. The Kier molecular flexibility index (Phi) is 6.46. The first-order chi connectivity index (χ1) is 14.1. The van der Waals surface area contributed by atoms with Gasteiger partial charge in [-0.25, -0.2) is 4.79 Å². The van der Waals surface area contributed by atoms with Crippen LogP contribution in [0.25, 0.3) is 0 Å². The van der Waals surface area contributed by atoms with Crippen molar-refractivity contribution in [3.63, 3.8) is 0 Å². The molecule has 0 bridgehead atoms. The van der Waals surface area contributed by atoms with Crippen molar-refractivity contribution in [2.45, 2.75) is 78.4 Å². The van der Waals surface area contributed by atoms with Crippen LogP contribution >= 0.6 is 0 Å². The van der Waals surface area contributed by atoms with E-state index in [0.717, 1.165) is 36.1 Å². The molecule has 1 atom stereocenters. The summed E-state index contributed by atoms with van der Waals surface area (Å²) in [5, 5.41) is 13.4. The number of rotatable bonds is 7. The number of aryl methyl sites for hydroxylation is 2. The summed E-state index contributed by atoms with van der Waals surface area (Å²) in [6.07, 6.45) is 3.35. The van der Waals surface area contributed by atoms with Crippen LogP contribution in [0.2, 0.25) is 0 Å². The molecular weight excluding hydrogens is 380 g/mol. The lowest BCUT2D eigenvalue weighted by Crippen LogP contribution is -2.51. The van der Waals surface area contributed by atoms with Crippen molar-refractivity contribution in [2.75, 3.05) is 13.2 Å². The van der Waals surface area contributed by atoms with Gasteiger partial charge in [0.05, 0.1) is 6.54 Å². The third-order valence-electron chi connectivity index (χ3n) is 7.32. The lowest BCUT2D eigenvalue weighted by molar-refractivity contribution is -0.134. The van der Waals surface area contributed by atoms with E-state index in [1.54, 1.807) is 0 Å². The van der Waals surface area contributed by atoms with Crippen molar-refractivity contribution in [3.8, 4) is 5.75 Å². The van der Waals surface area contributed by atoms with Crippen LogP contribution in [0.5, 0.6) is 5.75 Å². The molecule has 166 valence electrons. The number of carbonyl (C=O) groups excluding carboxylic acids is 2. The molecule has 2 aliphatic rings. The largest absolute Gasteiger partial charge is 0.490 e. The first kappa shape index (κ1) is 22.6. The van der Waals surface area contributed by atoms with Gasteiger partial charge in [0.15, 0.2) is 0 Å². The van der Waals surface area contributed by atoms with Crippen molar-refractivity contribution in [3.05, 3.63) is 29.3 Å². The summed E-state index contributed by atoms with van der Waals surface area (Å²) in [6.45, 7) is 10.6. The predicted molar refractivity (Wildman–Crippen MR) is 116 cm³/mol. The average molecular weight is 417 g/mol. The van der Waals surface area contributed by atoms with Crippen molar-refractivity contribution in [1.82, 2.24) is 10.2 Å². The summed E-state index contributed by atoms with van der Waals surface area (Å²) >= 11 is 0. The topological polar surface area (TPSA) is 78.9 Å². The number of amides is 3. The second-order valence-electron chi connectivity index (χ2n) is 9.73. The van der Waals surface area contributed by atoms with E-state index >= 15 is 0 Å². The Morgan fingerprint density at radius 3 is 2.40 bits per heavy atom. The van der Waals surface area contributed by atoms with Gasteiger partial charge in [-0.05, 0) is 62.0 Å². The normalized spacial score (nSPS) is 25.5. The van der Waals surface area contributed by atoms with Crippen molar-refractivity contribution in [2.24, 2.45) is 11.3 Å². The summed E-state index contributed by atoms with van der Waals surface area (Å²) in [5.74, 6) is 1.09. The fourth-order valence-electron chi connectivity index (χ4n) is 4.83. The van der Waals surface area contributed by atoms with E-state index in [2.05, 4.69) is 26.1 Å². The van der Waals surface area contributed by atoms with E-state index in [4.69, 9.17) is 4.74 Å². The third-order valence-corrected chi connectivity index (χ3v) is 7.32. The molecule has 1 saturated heterocycles. The van der Waals surface area contributed by atoms with Crippen LogP contribution in [0.3, 0.4) is 0 Å². The maximum atomic E-state index is 13.1. The monoisotopic (exact) mass is 416 g/mol. The lowest BCUT2D eigenvalue weighted by atomic mass is 9.65. The van der Waals surface area contributed by atoms with Gasteiger partial charge in [0.2, 0.25) is 0 Å². The molecule has 30 heavy (non-hydrogen) atoms. The highest BCUT2D eigenvalue weighted by Crippen LogP contribution is 2.45. The number of nitrogens with one attached hydrogen (secondary N) is 1. The molecule has 3 amide bonds. The molecule has 0 radical (unpaired) electrons. The van der Waals surface area contributed by atoms with E-state index in [1.165, 1.54) is 4.90 Å². The first-order valence-electron chi connectivity index (χ1n) is 11.1. The standard InChI is InChI=1S/C24H36N2O4/c1-6-23(4,5)18-10-12-24(13-11-18)21(28)26(22(29)25-24)14-19(27)15-30-20-16(2)8-7-9-17(20)3/h7-9,18-19,27H,6,10-15H2,1-5H3,(H,25,29).